The Morgan fingerprint density at radius 2 is 2.04 bits per heavy atom. The lowest BCUT2D eigenvalue weighted by atomic mass is 10.1. The molecule has 2 heterocycles. The van der Waals surface area contributed by atoms with Crippen LogP contribution in [0.5, 0.6) is 0 Å². The molecule has 5 atom stereocenters. The van der Waals surface area contributed by atoms with Crippen molar-refractivity contribution in [1.82, 2.24) is 0 Å². The van der Waals surface area contributed by atoms with E-state index >= 15 is 0 Å². The van der Waals surface area contributed by atoms with E-state index in [1.54, 1.807) is 18.3 Å². The molecule has 0 unspecified atom stereocenters. The zero-order valence-electron chi connectivity index (χ0n) is 15.8. The molecule has 0 saturated carbocycles. The van der Waals surface area contributed by atoms with E-state index in [9.17, 15) is 20.1 Å². The van der Waals surface area contributed by atoms with Gasteiger partial charge in [0.25, 0.3) is 6.23 Å². The fourth-order valence-electron chi connectivity index (χ4n) is 2.98. The van der Waals surface area contributed by atoms with Gasteiger partial charge in [-0.25, -0.2) is 4.79 Å². The van der Waals surface area contributed by atoms with Gasteiger partial charge in [0.05, 0.1) is 27.7 Å². The molecule has 0 amide bonds. The molecule has 1 saturated heterocycles. The smallest absolute Gasteiger partial charge is 0.344 e. The maximum absolute atomic E-state index is 12.5. The maximum atomic E-state index is 12.5. The second-order valence-electron chi connectivity index (χ2n) is 7.68. The van der Waals surface area contributed by atoms with Crippen molar-refractivity contribution in [1.29, 1.82) is 0 Å². The minimum atomic E-state index is -1.20. The average molecular weight is 370 g/mol. The fraction of sp³-hybridized carbons (Fsp3) is 0.667. The predicted molar refractivity (Wildman–Crippen MR) is 92.0 cm³/mol. The van der Waals surface area contributed by atoms with Crippen LogP contribution in [0.1, 0.15) is 29.9 Å². The number of hydrogen-bond acceptors (Lipinski definition) is 6. The van der Waals surface area contributed by atoms with Gasteiger partial charge in [-0.3, -0.25) is 0 Å². The Hall–Kier alpha value is -1.58. The first-order chi connectivity index (χ1) is 12.2. The van der Waals surface area contributed by atoms with Crippen molar-refractivity contribution in [3.8, 4) is 0 Å². The Morgan fingerprint density at radius 1 is 1.35 bits per heavy atom. The molecular weight excluding hydrogens is 340 g/mol. The highest BCUT2D eigenvalue weighted by Crippen LogP contribution is 2.25. The number of quaternary nitrogens is 1. The van der Waals surface area contributed by atoms with Crippen molar-refractivity contribution in [2.24, 2.45) is 0 Å². The Kier molecular flexibility index (Phi) is 6.70. The summed E-state index contributed by atoms with van der Waals surface area (Å²) in [5.41, 5.74) is 0.324. The van der Waals surface area contributed by atoms with E-state index < -0.39 is 37.1 Å². The summed E-state index contributed by atoms with van der Waals surface area (Å²) in [4.78, 5) is 12.5. The molecule has 0 bridgehead atoms. The number of hydrogen-bond donors (Lipinski definition) is 3. The van der Waals surface area contributed by atoms with Gasteiger partial charge >= 0.3 is 5.97 Å². The molecule has 0 spiro atoms. The van der Waals surface area contributed by atoms with Crippen molar-refractivity contribution in [3.05, 3.63) is 30.1 Å². The zero-order chi connectivity index (χ0) is 19.5. The summed E-state index contributed by atoms with van der Waals surface area (Å²) < 4.78 is 13.3. The molecular formula is C18H30N2O6+2. The zero-order valence-corrected chi connectivity index (χ0v) is 15.8. The van der Waals surface area contributed by atoms with Crippen molar-refractivity contribution >= 4 is 5.97 Å². The van der Waals surface area contributed by atoms with Crippen molar-refractivity contribution < 1.29 is 38.6 Å². The summed E-state index contributed by atoms with van der Waals surface area (Å²) in [6.07, 6.45) is -0.502. The first kappa shape index (κ1) is 20.7. The molecule has 1 aromatic heterocycles. The normalized spacial score (nSPS) is 27.3. The Bertz CT molecular complexity index is 618. The van der Waals surface area contributed by atoms with Crippen LogP contribution in [0.3, 0.4) is 0 Å². The molecule has 146 valence electrons. The molecule has 26 heavy (non-hydrogen) atoms. The summed E-state index contributed by atoms with van der Waals surface area (Å²) >= 11 is 0. The molecule has 2 rings (SSSR count). The van der Waals surface area contributed by atoms with Gasteiger partial charge in [0.2, 0.25) is 0 Å². The molecule has 1 aromatic rings. The van der Waals surface area contributed by atoms with Gasteiger partial charge in [0.15, 0.2) is 24.6 Å². The monoisotopic (exact) mass is 370 g/mol. The second kappa shape index (κ2) is 8.41. The van der Waals surface area contributed by atoms with Crippen LogP contribution in [0.25, 0.3) is 0 Å². The van der Waals surface area contributed by atoms with Crippen LogP contribution in [0.15, 0.2) is 24.5 Å². The summed E-state index contributed by atoms with van der Waals surface area (Å²) in [5.74, 6) is -0.452. The number of carbonyl (C=O) groups is 1. The lowest BCUT2D eigenvalue weighted by molar-refractivity contribution is -0.873. The fourth-order valence-corrected chi connectivity index (χ4v) is 2.98. The first-order valence-electron chi connectivity index (χ1n) is 8.81. The van der Waals surface area contributed by atoms with Crippen LogP contribution in [0, 0.1) is 0 Å². The van der Waals surface area contributed by atoms with E-state index in [1.165, 1.54) is 10.8 Å². The van der Waals surface area contributed by atoms with Gasteiger partial charge in [0, 0.05) is 6.07 Å². The van der Waals surface area contributed by atoms with E-state index in [4.69, 9.17) is 9.47 Å². The Morgan fingerprint density at radius 3 is 2.58 bits per heavy atom. The largest absolute Gasteiger partial charge is 0.453 e. The number of nitrogens with zero attached hydrogens (tertiary/aromatic N) is 2. The van der Waals surface area contributed by atoms with Gasteiger partial charge < -0.3 is 29.3 Å². The number of carbonyl (C=O) groups excluding carboxylic acids is 1. The van der Waals surface area contributed by atoms with Gasteiger partial charge in [-0.2, -0.15) is 4.57 Å². The number of ether oxygens (including phenoxy) is 2. The maximum Gasteiger partial charge on any atom is 0.344 e. The first-order valence-corrected chi connectivity index (χ1v) is 8.81. The number of rotatable bonds is 7. The molecule has 0 aliphatic carbocycles. The molecule has 8 nitrogen and oxygen atoms in total. The molecule has 0 radical (unpaired) electrons. The standard InChI is InChI=1S/C18H30N2O6/c1-5-13(10-20(2,3)4)25-18(24)12-7-6-8-19(9-12)17-16(23)15(22)14(11-21)26-17/h6-9,13-17,21-23H,5,10-11H2,1-4H3/q+2/t13-,14-,15-,16-,17-/m1/s1. The SMILES string of the molecule is CC[C@H](C[N+](C)(C)C)OC(=O)c1ccc[n+]([C@@H]2O[C@H](CO)[C@@H](O)[C@H]2O)c1. The van der Waals surface area contributed by atoms with Gasteiger partial charge in [0.1, 0.15) is 24.3 Å². The third-order valence-corrected chi connectivity index (χ3v) is 4.35. The minimum absolute atomic E-state index is 0.204. The molecule has 0 aromatic carbocycles. The Labute approximate surface area is 153 Å². The molecule has 8 heteroatoms. The highest BCUT2D eigenvalue weighted by Gasteiger charge is 2.48. The van der Waals surface area contributed by atoms with Crippen molar-refractivity contribution in [2.75, 3.05) is 34.3 Å². The van der Waals surface area contributed by atoms with E-state index in [0.717, 1.165) is 0 Å². The highest BCUT2D eigenvalue weighted by molar-refractivity contribution is 5.88. The molecule has 1 aliphatic heterocycles. The third-order valence-electron chi connectivity index (χ3n) is 4.35. The Balaban J connectivity index is 2.12. The number of aliphatic hydroxyl groups is 3. The van der Waals surface area contributed by atoms with Crippen molar-refractivity contribution in [2.45, 2.75) is 44.0 Å². The lowest BCUT2D eigenvalue weighted by Crippen LogP contribution is -2.46. The second-order valence-corrected chi connectivity index (χ2v) is 7.68. The number of likely N-dealkylation sites (N-methyl/N-ethyl adjacent to an activating group) is 1. The van der Waals surface area contributed by atoms with Gasteiger partial charge in [-0.05, 0) is 12.5 Å². The van der Waals surface area contributed by atoms with Crippen LogP contribution < -0.4 is 4.57 Å². The topological polar surface area (TPSA) is 100 Å². The van der Waals surface area contributed by atoms with Crippen LogP contribution in [-0.4, -0.2) is 84.5 Å². The van der Waals surface area contributed by atoms with E-state index in [2.05, 4.69) is 0 Å². The molecule has 1 fully saturated rings. The van der Waals surface area contributed by atoms with E-state index in [1.807, 2.05) is 28.1 Å². The van der Waals surface area contributed by atoms with Crippen LogP contribution in [0.2, 0.25) is 0 Å². The third kappa shape index (κ3) is 4.99. The van der Waals surface area contributed by atoms with Crippen molar-refractivity contribution in [3.63, 3.8) is 0 Å². The highest BCUT2D eigenvalue weighted by atomic mass is 16.6. The molecule has 3 N–H and O–H groups in total. The lowest BCUT2D eigenvalue weighted by Gasteiger charge is -2.28. The number of aliphatic hydroxyl groups excluding tert-OH is 3. The number of esters is 1. The summed E-state index contributed by atoms with van der Waals surface area (Å²) in [5, 5.41) is 29.2. The van der Waals surface area contributed by atoms with Crippen LogP contribution in [0.4, 0.5) is 0 Å². The molecule has 1 aliphatic rings. The minimum Gasteiger partial charge on any atom is -0.453 e. The van der Waals surface area contributed by atoms with Gasteiger partial charge in [-0.1, -0.05) is 6.92 Å². The summed E-state index contributed by atoms with van der Waals surface area (Å²) in [6.45, 7) is 2.27. The summed E-state index contributed by atoms with van der Waals surface area (Å²) in [7, 11) is 6.11. The van der Waals surface area contributed by atoms with Gasteiger partial charge in [-0.15, -0.1) is 0 Å². The van der Waals surface area contributed by atoms with Crippen LogP contribution in [-0.2, 0) is 9.47 Å². The number of aromatic nitrogens is 1. The van der Waals surface area contributed by atoms with Crippen LogP contribution >= 0.6 is 0 Å². The number of pyridine rings is 1. The predicted octanol–water partition coefficient (Wildman–Crippen LogP) is -0.773. The average Bonchev–Trinajstić information content (AvgIpc) is 2.88. The summed E-state index contributed by atoms with van der Waals surface area (Å²) in [6, 6.07) is 3.27. The van der Waals surface area contributed by atoms with E-state index in [0.29, 0.717) is 23.0 Å². The van der Waals surface area contributed by atoms with E-state index in [-0.39, 0.29) is 6.10 Å². The quantitative estimate of drug-likeness (QED) is 0.331.